The molecule has 0 heterocycles. The van der Waals surface area contributed by atoms with Crippen LogP contribution in [0.4, 0.5) is 0 Å². The molecule has 3 unspecified atom stereocenters. The van der Waals surface area contributed by atoms with Crippen LogP contribution in [0.1, 0.15) is 6.92 Å². The van der Waals surface area contributed by atoms with Gasteiger partial charge in [-0.3, -0.25) is 0 Å². The minimum atomic E-state index is -1.18. The number of hydrogen-bond acceptors (Lipinski definition) is 5. The van der Waals surface area contributed by atoms with E-state index < -0.39 is 18.5 Å². The lowest BCUT2D eigenvalue weighted by molar-refractivity contribution is -0.174. The van der Waals surface area contributed by atoms with Crippen LogP contribution in [0.15, 0.2) is 30.3 Å². The molecule has 0 aliphatic rings. The summed E-state index contributed by atoms with van der Waals surface area (Å²) < 4.78 is 10.5. The Morgan fingerprint density at radius 1 is 1.18 bits per heavy atom. The fraction of sp³-hybridized carbons (Fsp3) is 0.500. The lowest BCUT2D eigenvalue weighted by Gasteiger charge is -2.25. The summed E-state index contributed by atoms with van der Waals surface area (Å²) >= 11 is 0. The Bertz CT molecular complexity index is 301. The second-order valence-corrected chi connectivity index (χ2v) is 3.62. The fourth-order valence-corrected chi connectivity index (χ4v) is 1.23. The monoisotopic (exact) mass is 242 g/mol. The first-order chi connectivity index (χ1) is 8.15. The van der Waals surface area contributed by atoms with Crippen LogP contribution in [-0.2, 0) is 4.74 Å². The normalized spacial score (nSPS) is 16.2. The van der Waals surface area contributed by atoms with Crippen LogP contribution < -0.4 is 4.74 Å². The van der Waals surface area contributed by atoms with Crippen molar-refractivity contribution in [3.8, 4) is 5.75 Å². The Balaban J connectivity index is 2.63. The second-order valence-electron chi connectivity index (χ2n) is 3.62. The van der Waals surface area contributed by atoms with E-state index in [1.807, 2.05) is 6.07 Å². The van der Waals surface area contributed by atoms with Crippen LogP contribution in [0.25, 0.3) is 0 Å². The molecule has 3 N–H and O–H groups in total. The highest BCUT2D eigenvalue weighted by molar-refractivity contribution is 5.21. The SMILES string of the molecule is CC(O)C(O)C(OCCO)Oc1ccccc1. The van der Waals surface area contributed by atoms with E-state index in [1.165, 1.54) is 6.92 Å². The molecule has 5 heteroatoms. The van der Waals surface area contributed by atoms with E-state index in [-0.39, 0.29) is 13.2 Å². The highest BCUT2D eigenvalue weighted by atomic mass is 16.7. The van der Waals surface area contributed by atoms with E-state index in [2.05, 4.69) is 0 Å². The van der Waals surface area contributed by atoms with Gasteiger partial charge in [0.25, 0.3) is 0 Å². The van der Waals surface area contributed by atoms with Gasteiger partial charge in [0.15, 0.2) is 0 Å². The summed E-state index contributed by atoms with van der Waals surface area (Å²) in [6.07, 6.45) is -3.17. The predicted octanol–water partition coefficient (Wildman–Crippen LogP) is 0.142. The van der Waals surface area contributed by atoms with Crippen molar-refractivity contribution in [3.63, 3.8) is 0 Å². The van der Waals surface area contributed by atoms with Crippen LogP contribution in [-0.4, -0.2) is 47.0 Å². The molecule has 0 radical (unpaired) electrons. The summed E-state index contributed by atoms with van der Waals surface area (Å²) in [5, 5.41) is 27.7. The van der Waals surface area contributed by atoms with E-state index in [1.54, 1.807) is 24.3 Å². The molecule has 0 spiro atoms. The Morgan fingerprint density at radius 3 is 2.35 bits per heavy atom. The average Bonchev–Trinajstić information content (AvgIpc) is 2.34. The molecule has 5 nitrogen and oxygen atoms in total. The van der Waals surface area contributed by atoms with Crippen LogP contribution in [0.2, 0.25) is 0 Å². The minimum absolute atomic E-state index is 0.0290. The molecule has 0 bridgehead atoms. The summed E-state index contributed by atoms with van der Waals surface area (Å²) in [5.41, 5.74) is 0. The van der Waals surface area contributed by atoms with Crippen molar-refractivity contribution in [2.24, 2.45) is 0 Å². The number of ether oxygens (including phenoxy) is 2. The minimum Gasteiger partial charge on any atom is -0.462 e. The molecule has 0 saturated heterocycles. The molecule has 1 aromatic rings. The van der Waals surface area contributed by atoms with Crippen molar-refractivity contribution in [1.82, 2.24) is 0 Å². The van der Waals surface area contributed by atoms with Gasteiger partial charge in [-0.1, -0.05) is 18.2 Å². The zero-order valence-electron chi connectivity index (χ0n) is 9.69. The van der Waals surface area contributed by atoms with Crippen LogP contribution in [0, 0.1) is 0 Å². The number of rotatable bonds is 7. The molecular formula is C12H18O5. The zero-order valence-corrected chi connectivity index (χ0v) is 9.69. The third kappa shape index (κ3) is 4.70. The fourth-order valence-electron chi connectivity index (χ4n) is 1.23. The Kier molecular flexibility index (Phi) is 5.93. The number of para-hydroxylation sites is 1. The number of aliphatic hydroxyl groups excluding tert-OH is 3. The lowest BCUT2D eigenvalue weighted by Crippen LogP contribution is -2.41. The van der Waals surface area contributed by atoms with Crippen molar-refractivity contribution in [2.75, 3.05) is 13.2 Å². The van der Waals surface area contributed by atoms with Gasteiger partial charge in [-0.25, -0.2) is 0 Å². The highest BCUT2D eigenvalue weighted by Gasteiger charge is 2.26. The Labute approximate surface area is 100 Å². The molecule has 0 amide bonds. The molecule has 0 fully saturated rings. The van der Waals surface area contributed by atoms with Gasteiger partial charge >= 0.3 is 0 Å². The predicted molar refractivity (Wildman–Crippen MR) is 61.6 cm³/mol. The van der Waals surface area contributed by atoms with Gasteiger partial charge in [-0.05, 0) is 19.1 Å². The standard InChI is InChI=1S/C12H18O5/c1-9(14)11(15)12(16-8-7-13)17-10-5-3-2-4-6-10/h2-6,9,11-15H,7-8H2,1H3. The Morgan fingerprint density at radius 2 is 1.82 bits per heavy atom. The quantitative estimate of drug-likeness (QED) is 0.593. The van der Waals surface area contributed by atoms with Crippen molar-refractivity contribution in [1.29, 1.82) is 0 Å². The molecule has 1 rings (SSSR count). The number of hydrogen-bond donors (Lipinski definition) is 3. The molecule has 96 valence electrons. The first kappa shape index (κ1) is 13.9. The van der Waals surface area contributed by atoms with Gasteiger partial charge < -0.3 is 24.8 Å². The topological polar surface area (TPSA) is 79.2 Å². The second kappa shape index (κ2) is 7.24. The third-order valence-corrected chi connectivity index (χ3v) is 2.14. The van der Waals surface area contributed by atoms with Gasteiger partial charge in [-0.2, -0.15) is 0 Å². The first-order valence-corrected chi connectivity index (χ1v) is 5.45. The van der Waals surface area contributed by atoms with Gasteiger partial charge in [-0.15, -0.1) is 0 Å². The Hall–Kier alpha value is -1.14. The van der Waals surface area contributed by atoms with Crippen molar-refractivity contribution < 1.29 is 24.8 Å². The van der Waals surface area contributed by atoms with Crippen molar-refractivity contribution in [3.05, 3.63) is 30.3 Å². The van der Waals surface area contributed by atoms with Crippen LogP contribution in [0.5, 0.6) is 5.75 Å². The highest BCUT2D eigenvalue weighted by Crippen LogP contribution is 2.14. The van der Waals surface area contributed by atoms with E-state index in [9.17, 15) is 10.2 Å². The molecule has 17 heavy (non-hydrogen) atoms. The molecular weight excluding hydrogens is 224 g/mol. The van der Waals surface area contributed by atoms with Crippen LogP contribution in [0.3, 0.4) is 0 Å². The lowest BCUT2D eigenvalue weighted by atomic mass is 10.2. The summed E-state index contributed by atoms with van der Waals surface area (Å²) in [6.45, 7) is 1.29. The summed E-state index contributed by atoms with van der Waals surface area (Å²) in [5.74, 6) is 0.523. The van der Waals surface area contributed by atoms with Gasteiger partial charge in [0.05, 0.1) is 19.3 Å². The average molecular weight is 242 g/mol. The first-order valence-electron chi connectivity index (χ1n) is 5.45. The number of aliphatic hydroxyl groups is 3. The zero-order chi connectivity index (χ0) is 12.7. The van der Waals surface area contributed by atoms with Crippen molar-refractivity contribution >= 4 is 0 Å². The maximum atomic E-state index is 9.69. The smallest absolute Gasteiger partial charge is 0.228 e. The molecule has 1 aromatic carbocycles. The molecule has 0 aliphatic carbocycles. The van der Waals surface area contributed by atoms with E-state index >= 15 is 0 Å². The van der Waals surface area contributed by atoms with E-state index in [4.69, 9.17) is 14.6 Å². The number of benzene rings is 1. The van der Waals surface area contributed by atoms with E-state index in [0.717, 1.165) is 0 Å². The van der Waals surface area contributed by atoms with Crippen molar-refractivity contribution in [2.45, 2.75) is 25.4 Å². The molecule has 0 saturated carbocycles. The molecule has 0 aromatic heterocycles. The maximum Gasteiger partial charge on any atom is 0.228 e. The summed E-state index contributed by atoms with van der Waals surface area (Å²) in [7, 11) is 0. The largest absolute Gasteiger partial charge is 0.462 e. The van der Waals surface area contributed by atoms with Gasteiger partial charge in [0.2, 0.25) is 6.29 Å². The molecule has 3 atom stereocenters. The third-order valence-electron chi connectivity index (χ3n) is 2.14. The maximum absolute atomic E-state index is 9.69. The van der Waals surface area contributed by atoms with Gasteiger partial charge in [0.1, 0.15) is 11.9 Å². The van der Waals surface area contributed by atoms with Gasteiger partial charge in [0, 0.05) is 0 Å². The summed E-state index contributed by atoms with van der Waals surface area (Å²) in [6, 6.07) is 8.83. The van der Waals surface area contributed by atoms with E-state index in [0.29, 0.717) is 5.75 Å². The molecule has 0 aliphatic heterocycles. The van der Waals surface area contributed by atoms with Crippen LogP contribution >= 0.6 is 0 Å². The summed E-state index contributed by atoms with van der Waals surface area (Å²) in [4.78, 5) is 0.